The second kappa shape index (κ2) is 6.76. The van der Waals surface area contributed by atoms with Gasteiger partial charge in [-0.05, 0) is 32.2 Å². The zero-order chi connectivity index (χ0) is 13.8. The van der Waals surface area contributed by atoms with E-state index in [2.05, 4.69) is 17.3 Å². The Morgan fingerprint density at radius 1 is 1.37 bits per heavy atom. The molecule has 1 fully saturated rings. The first-order valence-electron chi connectivity index (χ1n) is 7.54. The van der Waals surface area contributed by atoms with Crippen molar-refractivity contribution in [2.24, 2.45) is 13.0 Å². The Balaban J connectivity index is 2.11. The molecule has 1 aromatic heterocycles. The number of nitrogens with zero attached hydrogens (tertiary/aromatic N) is 2. The Morgan fingerprint density at radius 3 is 2.58 bits per heavy atom. The van der Waals surface area contributed by atoms with Crippen molar-refractivity contribution in [3.05, 3.63) is 16.4 Å². The molecule has 0 amide bonds. The second-order valence-corrected chi connectivity index (χ2v) is 6.11. The average Bonchev–Trinajstić information content (AvgIpc) is 2.65. The Kier molecular flexibility index (Phi) is 5.28. The van der Waals surface area contributed by atoms with Crippen LogP contribution in [0.2, 0.25) is 5.02 Å². The van der Waals surface area contributed by atoms with Gasteiger partial charge in [-0.3, -0.25) is 4.68 Å². The lowest BCUT2D eigenvalue weighted by molar-refractivity contribution is 0.267. The lowest BCUT2D eigenvalue weighted by atomic mass is 9.82. The van der Waals surface area contributed by atoms with Crippen LogP contribution in [-0.4, -0.2) is 22.4 Å². The molecule has 1 aliphatic carbocycles. The van der Waals surface area contributed by atoms with E-state index in [0.717, 1.165) is 29.6 Å². The third-order valence-corrected chi connectivity index (χ3v) is 4.85. The van der Waals surface area contributed by atoms with Gasteiger partial charge in [-0.2, -0.15) is 5.10 Å². The summed E-state index contributed by atoms with van der Waals surface area (Å²) in [5.41, 5.74) is 2.12. The number of rotatable bonds is 5. The van der Waals surface area contributed by atoms with Crippen LogP contribution in [0.15, 0.2) is 0 Å². The topological polar surface area (TPSA) is 29.9 Å². The molecule has 19 heavy (non-hydrogen) atoms. The number of aromatic nitrogens is 2. The Hall–Kier alpha value is -0.540. The van der Waals surface area contributed by atoms with Crippen molar-refractivity contribution >= 4 is 11.6 Å². The number of hydrogen-bond donors (Lipinski definition) is 1. The first-order chi connectivity index (χ1) is 9.13. The Bertz CT molecular complexity index is 408. The fourth-order valence-corrected chi connectivity index (χ4v) is 3.55. The van der Waals surface area contributed by atoms with E-state index in [1.165, 1.54) is 37.8 Å². The van der Waals surface area contributed by atoms with Gasteiger partial charge in [0.05, 0.1) is 16.4 Å². The highest BCUT2D eigenvalue weighted by Crippen LogP contribution is 2.30. The number of nitrogens with one attached hydrogen (secondary N) is 1. The van der Waals surface area contributed by atoms with Gasteiger partial charge in [0.15, 0.2) is 0 Å². The fraction of sp³-hybridized carbons (Fsp3) is 0.800. The predicted molar refractivity (Wildman–Crippen MR) is 80.7 cm³/mol. The molecule has 0 saturated heterocycles. The number of likely N-dealkylation sites (N-methyl/N-ethyl adjacent to an activating group) is 1. The minimum absolute atomic E-state index is 0.539. The number of hydrogen-bond acceptors (Lipinski definition) is 2. The van der Waals surface area contributed by atoms with Crippen LogP contribution in [0.4, 0.5) is 0 Å². The van der Waals surface area contributed by atoms with Crippen LogP contribution < -0.4 is 5.32 Å². The molecule has 1 heterocycles. The van der Waals surface area contributed by atoms with Crippen LogP contribution >= 0.6 is 11.6 Å². The zero-order valence-corrected chi connectivity index (χ0v) is 13.1. The maximum atomic E-state index is 6.39. The SMILES string of the molecule is CCNC(Cc1c(Cl)c(C)nn1C)C1CCCCC1. The molecule has 0 aromatic carbocycles. The second-order valence-electron chi connectivity index (χ2n) is 5.74. The summed E-state index contributed by atoms with van der Waals surface area (Å²) in [7, 11) is 2.00. The lowest BCUT2D eigenvalue weighted by Gasteiger charge is -2.31. The number of halogens is 1. The van der Waals surface area contributed by atoms with E-state index in [1.807, 2.05) is 18.7 Å². The monoisotopic (exact) mass is 283 g/mol. The summed E-state index contributed by atoms with van der Waals surface area (Å²) in [5, 5.41) is 8.94. The van der Waals surface area contributed by atoms with E-state index in [-0.39, 0.29) is 0 Å². The van der Waals surface area contributed by atoms with Gasteiger partial charge in [-0.15, -0.1) is 0 Å². The van der Waals surface area contributed by atoms with E-state index in [0.29, 0.717) is 6.04 Å². The van der Waals surface area contributed by atoms with Gasteiger partial charge in [0, 0.05) is 19.5 Å². The summed E-state index contributed by atoms with van der Waals surface area (Å²) in [6, 6.07) is 0.539. The largest absolute Gasteiger partial charge is 0.314 e. The molecule has 1 aliphatic rings. The van der Waals surface area contributed by atoms with Gasteiger partial charge in [-0.1, -0.05) is 37.8 Å². The molecule has 1 atom stereocenters. The highest BCUT2D eigenvalue weighted by molar-refractivity contribution is 6.31. The van der Waals surface area contributed by atoms with Crippen LogP contribution in [-0.2, 0) is 13.5 Å². The van der Waals surface area contributed by atoms with Crippen LogP contribution in [0.5, 0.6) is 0 Å². The fourth-order valence-electron chi connectivity index (χ4n) is 3.31. The Morgan fingerprint density at radius 2 is 2.05 bits per heavy atom. The molecule has 0 spiro atoms. The molecular formula is C15H26ClN3. The molecule has 4 heteroatoms. The first kappa shape index (κ1) is 14.9. The summed E-state index contributed by atoms with van der Waals surface area (Å²) < 4.78 is 1.95. The molecule has 108 valence electrons. The molecule has 0 radical (unpaired) electrons. The number of aryl methyl sites for hydroxylation is 2. The summed E-state index contributed by atoms with van der Waals surface area (Å²) >= 11 is 6.39. The van der Waals surface area contributed by atoms with E-state index in [4.69, 9.17) is 11.6 Å². The maximum Gasteiger partial charge on any atom is 0.0847 e. The van der Waals surface area contributed by atoms with Crippen LogP contribution in [0, 0.1) is 12.8 Å². The highest BCUT2D eigenvalue weighted by atomic mass is 35.5. The van der Waals surface area contributed by atoms with Crippen molar-refractivity contribution < 1.29 is 0 Å². The molecule has 1 N–H and O–H groups in total. The highest BCUT2D eigenvalue weighted by Gasteiger charge is 2.25. The summed E-state index contributed by atoms with van der Waals surface area (Å²) in [4.78, 5) is 0. The minimum Gasteiger partial charge on any atom is -0.314 e. The van der Waals surface area contributed by atoms with Crippen molar-refractivity contribution in [2.45, 2.75) is 58.4 Å². The van der Waals surface area contributed by atoms with Gasteiger partial charge in [0.25, 0.3) is 0 Å². The van der Waals surface area contributed by atoms with E-state index < -0.39 is 0 Å². The van der Waals surface area contributed by atoms with Gasteiger partial charge in [0.1, 0.15) is 0 Å². The van der Waals surface area contributed by atoms with Gasteiger partial charge in [0.2, 0.25) is 0 Å². The van der Waals surface area contributed by atoms with Crippen molar-refractivity contribution in [1.82, 2.24) is 15.1 Å². The molecule has 1 saturated carbocycles. The van der Waals surface area contributed by atoms with Crippen molar-refractivity contribution in [1.29, 1.82) is 0 Å². The van der Waals surface area contributed by atoms with Crippen LogP contribution in [0.25, 0.3) is 0 Å². The first-order valence-corrected chi connectivity index (χ1v) is 7.92. The van der Waals surface area contributed by atoms with Crippen molar-refractivity contribution in [3.8, 4) is 0 Å². The normalized spacial score (nSPS) is 18.7. The van der Waals surface area contributed by atoms with Crippen molar-refractivity contribution in [2.75, 3.05) is 6.54 Å². The standard InChI is InChI=1S/C15H26ClN3/c1-4-17-13(12-8-6-5-7-9-12)10-14-15(16)11(2)18-19(14)3/h12-13,17H,4-10H2,1-3H3. The minimum atomic E-state index is 0.539. The molecule has 0 bridgehead atoms. The van der Waals surface area contributed by atoms with Crippen LogP contribution in [0.3, 0.4) is 0 Å². The molecule has 0 aliphatic heterocycles. The van der Waals surface area contributed by atoms with Gasteiger partial charge < -0.3 is 5.32 Å². The van der Waals surface area contributed by atoms with E-state index >= 15 is 0 Å². The zero-order valence-electron chi connectivity index (χ0n) is 12.4. The molecular weight excluding hydrogens is 258 g/mol. The maximum absolute atomic E-state index is 6.39. The molecule has 2 rings (SSSR count). The average molecular weight is 284 g/mol. The van der Waals surface area contributed by atoms with Gasteiger partial charge in [-0.25, -0.2) is 0 Å². The molecule has 1 aromatic rings. The third-order valence-electron chi connectivity index (χ3n) is 4.36. The van der Waals surface area contributed by atoms with Crippen LogP contribution in [0.1, 0.15) is 50.4 Å². The molecule has 1 unspecified atom stereocenters. The van der Waals surface area contributed by atoms with E-state index in [1.54, 1.807) is 0 Å². The quantitative estimate of drug-likeness (QED) is 0.897. The predicted octanol–water partition coefficient (Wildman–Crippen LogP) is 3.48. The summed E-state index contributed by atoms with van der Waals surface area (Å²) in [5.74, 6) is 0.792. The summed E-state index contributed by atoms with van der Waals surface area (Å²) in [6.45, 7) is 5.19. The van der Waals surface area contributed by atoms with E-state index in [9.17, 15) is 0 Å². The van der Waals surface area contributed by atoms with Gasteiger partial charge >= 0.3 is 0 Å². The van der Waals surface area contributed by atoms with Crippen molar-refractivity contribution in [3.63, 3.8) is 0 Å². The smallest absolute Gasteiger partial charge is 0.0847 e. The lowest BCUT2D eigenvalue weighted by Crippen LogP contribution is -2.39. The third kappa shape index (κ3) is 3.51. The molecule has 3 nitrogen and oxygen atoms in total. The summed E-state index contributed by atoms with van der Waals surface area (Å²) in [6.07, 6.45) is 7.86. The Labute approximate surface area is 121 Å².